The van der Waals surface area contributed by atoms with Gasteiger partial charge in [0.15, 0.2) is 5.96 Å². The van der Waals surface area contributed by atoms with Crippen molar-refractivity contribution in [3.8, 4) is 0 Å². The fraction of sp³-hybridized carbons (Fsp3) is 0.350. The number of guanidine groups is 1. The molecule has 0 aromatic heterocycles. The number of ether oxygens (including phenoxy) is 1. The van der Waals surface area contributed by atoms with Crippen LogP contribution in [0, 0.1) is 0 Å². The largest absolute Gasteiger partial charge is 0.383 e. The van der Waals surface area contributed by atoms with Gasteiger partial charge in [-0.05, 0) is 23.3 Å². The number of methoxy groups -OCH3 is 1. The van der Waals surface area contributed by atoms with Gasteiger partial charge in [0.1, 0.15) is 0 Å². The molecule has 0 fully saturated rings. The predicted octanol–water partition coefficient (Wildman–Crippen LogP) is 1.82. The van der Waals surface area contributed by atoms with Gasteiger partial charge in [0.05, 0.1) is 11.5 Å². The van der Waals surface area contributed by atoms with Crippen molar-refractivity contribution in [3.05, 3.63) is 65.7 Å². The van der Waals surface area contributed by atoms with Crippen molar-refractivity contribution in [3.63, 3.8) is 0 Å². The maximum absolute atomic E-state index is 12.2. The smallest absolute Gasteiger partial charge is 0.240 e. The van der Waals surface area contributed by atoms with Crippen LogP contribution in [0.4, 0.5) is 0 Å². The lowest BCUT2D eigenvalue weighted by Crippen LogP contribution is -2.38. The standard InChI is InChI=1S/C20H28N4O3S/c1-21-20(24(2)16-18-7-5-4-6-8-18)22-15-17-9-11-19(12-10-17)28(25,26)23-13-14-27-3/h4-12,23H,13-16H2,1-3H3,(H,21,22). The van der Waals surface area contributed by atoms with Crippen LogP contribution in [0.5, 0.6) is 0 Å². The molecule has 2 N–H and O–H groups in total. The molecule has 0 aliphatic heterocycles. The number of rotatable bonds is 9. The van der Waals surface area contributed by atoms with Crippen LogP contribution < -0.4 is 10.0 Å². The number of nitrogens with zero attached hydrogens (tertiary/aromatic N) is 2. The Kier molecular flexibility index (Phi) is 8.43. The van der Waals surface area contributed by atoms with E-state index in [1.54, 1.807) is 31.3 Å². The van der Waals surface area contributed by atoms with E-state index >= 15 is 0 Å². The van der Waals surface area contributed by atoms with E-state index in [2.05, 4.69) is 27.2 Å². The summed E-state index contributed by atoms with van der Waals surface area (Å²) in [6.45, 7) is 1.86. The summed E-state index contributed by atoms with van der Waals surface area (Å²) in [5.74, 6) is 0.766. The van der Waals surface area contributed by atoms with E-state index < -0.39 is 10.0 Å². The van der Waals surface area contributed by atoms with Crippen LogP contribution >= 0.6 is 0 Å². The Bertz CT molecular complexity index is 853. The number of nitrogens with one attached hydrogen (secondary N) is 2. The molecule has 0 heterocycles. The van der Waals surface area contributed by atoms with Gasteiger partial charge in [0, 0.05) is 40.8 Å². The summed E-state index contributed by atoms with van der Waals surface area (Å²) in [4.78, 5) is 6.58. The minimum Gasteiger partial charge on any atom is -0.383 e. The fourth-order valence-electron chi connectivity index (χ4n) is 2.65. The number of aliphatic imine (C=N–C) groups is 1. The molecule has 2 aromatic carbocycles. The fourth-order valence-corrected chi connectivity index (χ4v) is 3.66. The summed E-state index contributed by atoms with van der Waals surface area (Å²) in [5, 5.41) is 3.30. The van der Waals surface area contributed by atoms with E-state index in [4.69, 9.17) is 4.74 Å². The van der Waals surface area contributed by atoms with E-state index in [0.29, 0.717) is 13.2 Å². The number of hydrogen-bond acceptors (Lipinski definition) is 4. The third-order valence-corrected chi connectivity index (χ3v) is 5.60. The van der Waals surface area contributed by atoms with Gasteiger partial charge in [0.25, 0.3) is 0 Å². The van der Waals surface area contributed by atoms with Gasteiger partial charge >= 0.3 is 0 Å². The second kappa shape index (κ2) is 10.8. The van der Waals surface area contributed by atoms with Gasteiger partial charge in [0.2, 0.25) is 10.0 Å². The maximum Gasteiger partial charge on any atom is 0.240 e. The second-order valence-corrected chi connectivity index (χ2v) is 8.04. The molecule has 0 spiro atoms. The van der Waals surface area contributed by atoms with Crippen molar-refractivity contribution in [2.75, 3.05) is 34.4 Å². The Hall–Kier alpha value is -2.42. The molecule has 7 nitrogen and oxygen atoms in total. The lowest BCUT2D eigenvalue weighted by molar-refractivity contribution is 0.204. The van der Waals surface area contributed by atoms with E-state index in [-0.39, 0.29) is 11.4 Å². The molecule has 2 aromatic rings. The lowest BCUT2D eigenvalue weighted by Gasteiger charge is -2.22. The van der Waals surface area contributed by atoms with Crippen molar-refractivity contribution in [2.24, 2.45) is 4.99 Å². The Morgan fingerprint density at radius 1 is 1.07 bits per heavy atom. The summed E-state index contributed by atoms with van der Waals surface area (Å²) < 4.78 is 31.7. The molecule has 0 atom stereocenters. The van der Waals surface area contributed by atoms with E-state index in [1.807, 2.05) is 30.1 Å². The zero-order valence-corrected chi connectivity index (χ0v) is 17.4. The topological polar surface area (TPSA) is 83.0 Å². The van der Waals surface area contributed by atoms with Crippen LogP contribution in [0.25, 0.3) is 0 Å². The minimum absolute atomic E-state index is 0.234. The first-order chi connectivity index (χ1) is 13.5. The molecule has 0 amide bonds. The van der Waals surface area contributed by atoms with Crippen LogP contribution in [0.3, 0.4) is 0 Å². The van der Waals surface area contributed by atoms with Crippen molar-refractivity contribution in [1.82, 2.24) is 14.9 Å². The number of sulfonamides is 1. The van der Waals surface area contributed by atoms with Gasteiger partial charge in [-0.2, -0.15) is 0 Å². The van der Waals surface area contributed by atoms with Crippen molar-refractivity contribution in [1.29, 1.82) is 0 Å². The van der Waals surface area contributed by atoms with Gasteiger partial charge in [-0.15, -0.1) is 0 Å². The highest BCUT2D eigenvalue weighted by molar-refractivity contribution is 7.89. The summed E-state index contributed by atoms with van der Waals surface area (Å²) >= 11 is 0. The molecule has 0 bridgehead atoms. The molecule has 8 heteroatoms. The van der Waals surface area contributed by atoms with Crippen molar-refractivity contribution in [2.45, 2.75) is 18.0 Å². The minimum atomic E-state index is -3.52. The summed E-state index contributed by atoms with van der Waals surface area (Å²) in [5.41, 5.74) is 2.16. The first-order valence-electron chi connectivity index (χ1n) is 8.99. The molecule has 0 radical (unpaired) electrons. The summed E-state index contributed by atoms with van der Waals surface area (Å²) in [6, 6.07) is 17.0. The molecule has 28 heavy (non-hydrogen) atoms. The highest BCUT2D eigenvalue weighted by Crippen LogP contribution is 2.11. The highest BCUT2D eigenvalue weighted by Gasteiger charge is 2.13. The van der Waals surface area contributed by atoms with Crippen LogP contribution in [0.2, 0.25) is 0 Å². The quantitative estimate of drug-likeness (QED) is 0.378. The van der Waals surface area contributed by atoms with Gasteiger partial charge in [-0.3, -0.25) is 4.99 Å². The molecule has 0 aliphatic rings. The monoisotopic (exact) mass is 404 g/mol. The zero-order valence-electron chi connectivity index (χ0n) is 16.6. The molecule has 2 rings (SSSR count). The molecule has 0 unspecified atom stereocenters. The molecule has 0 aliphatic carbocycles. The normalized spacial score (nSPS) is 12.0. The van der Waals surface area contributed by atoms with Crippen molar-refractivity contribution >= 4 is 16.0 Å². The predicted molar refractivity (Wildman–Crippen MR) is 112 cm³/mol. The highest BCUT2D eigenvalue weighted by atomic mass is 32.2. The molecular formula is C20H28N4O3S. The second-order valence-electron chi connectivity index (χ2n) is 6.28. The van der Waals surface area contributed by atoms with Crippen LogP contribution in [0.1, 0.15) is 11.1 Å². The maximum atomic E-state index is 12.2. The lowest BCUT2D eigenvalue weighted by atomic mass is 10.2. The Morgan fingerprint density at radius 3 is 2.36 bits per heavy atom. The molecule has 0 saturated carbocycles. The summed E-state index contributed by atoms with van der Waals surface area (Å²) in [6.07, 6.45) is 0. The Morgan fingerprint density at radius 2 is 1.75 bits per heavy atom. The van der Waals surface area contributed by atoms with E-state index in [9.17, 15) is 8.42 Å². The molecule has 0 saturated heterocycles. The first kappa shape index (κ1) is 21.9. The Balaban J connectivity index is 1.92. The van der Waals surface area contributed by atoms with Gasteiger partial charge < -0.3 is 15.0 Å². The average molecular weight is 405 g/mol. The van der Waals surface area contributed by atoms with Crippen LogP contribution in [-0.4, -0.2) is 53.6 Å². The summed E-state index contributed by atoms with van der Waals surface area (Å²) in [7, 11) is 1.73. The van der Waals surface area contributed by atoms with E-state index in [0.717, 1.165) is 18.1 Å². The molecular weight excluding hydrogens is 376 g/mol. The molecule has 152 valence electrons. The van der Waals surface area contributed by atoms with E-state index in [1.165, 1.54) is 12.7 Å². The number of benzene rings is 2. The SMILES string of the molecule is CN=C(NCc1ccc(S(=O)(=O)NCCOC)cc1)N(C)Cc1ccccc1. The third-order valence-electron chi connectivity index (χ3n) is 4.12. The van der Waals surface area contributed by atoms with Crippen LogP contribution in [0.15, 0.2) is 64.5 Å². The zero-order chi connectivity index (χ0) is 20.4. The van der Waals surface area contributed by atoms with Gasteiger partial charge in [-0.1, -0.05) is 42.5 Å². The Labute approximate surface area is 167 Å². The van der Waals surface area contributed by atoms with Crippen molar-refractivity contribution < 1.29 is 13.2 Å². The number of hydrogen-bond donors (Lipinski definition) is 2. The third kappa shape index (κ3) is 6.63. The first-order valence-corrected chi connectivity index (χ1v) is 10.5. The van der Waals surface area contributed by atoms with Crippen LogP contribution in [-0.2, 0) is 27.8 Å². The average Bonchev–Trinajstić information content (AvgIpc) is 2.70. The van der Waals surface area contributed by atoms with Gasteiger partial charge in [-0.25, -0.2) is 13.1 Å².